The van der Waals surface area contributed by atoms with Crippen LogP contribution in [0.25, 0.3) is 11.3 Å². The summed E-state index contributed by atoms with van der Waals surface area (Å²) in [5, 5.41) is 5.61. The highest BCUT2D eigenvalue weighted by atomic mass is 35.5. The van der Waals surface area contributed by atoms with Crippen molar-refractivity contribution in [2.24, 2.45) is 7.05 Å². The molecule has 0 radical (unpaired) electrons. The molecule has 8 heteroatoms. The van der Waals surface area contributed by atoms with Crippen LogP contribution in [0.2, 0.25) is 10.0 Å². The molecule has 3 aromatic rings. The average molecular weight is 445 g/mol. The van der Waals surface area contributed by atoms with Gasteiger partial charge < -0.3 is 14.5 Å². The Hall–Kier alpha value is -2.70. The Balaban J connectivity index is 1.48. The lowest BCUT2D eigenvalue weighted by molar-refractivity contribution is 0.0735. The van der Waals surface area contributed by atoms with Crippen molar-refractivity contribution in [1.29, 1.82) is 0 Å². The number of amides is 1. The van der Waals surface area contributed by atoms with Crippen molar-refractivity contribution in [1.82, 2.24) is 14.7 Å². The van der Waals surface area contributed by atoms with Gasteiger partial charge in [0.2, 0.25) is 0 Å². The molecular formula is C22H22Cl2N4O2. The summed E-state index contributed by atoms with van der Waals surface area (Å²) in [6.45, 7) is 2.57. The molecular weight excluding hydrogens is 423 g/mol. The van der Waals surface area contributed by atoms with Crippen molar-refractivity contribution in [3.8, 4) is 17.0 Å². The van der Waals surface area contributed by atoms with Crippen molar-refractivity contribution in [3.05, 3.63) is 64.3 Å². The van der Waals surface area contributed by atoms with Crippen molar-refractivity contribution < 1.29 is 9.53 Å². The van der Waals surface area contributed by atoms with E-state index in [9.17, 15) is 4.79 Å². The summed E-state index contributed by atoms with van der Waals surface area (Å²) in [6, 6.07) is 15.1. The number of rotatable bonds is 4. The van der Waals surface area contributed by atoms with E-state index >= 15 is 0 Å². The van der Waals surface area contributed by atoms with Crippen LogP contribution in [0.3, 0.4) is 0 Å². The monoisotopic (exact) mass is 444 g/mol. The predicted molar refractivity (Wildman–Crippen MR) is 120 cm³/mol. The second kappa shape index (κ2) is 8.58. The molecule has 1 aliphatic rings. The Morgan fingerprint density at radius 3 is 2.50 bits per heavy atom. The molecule has 30 heavy (non-hydrogen) atoms. The minimum Gasteiger partial charge on any atom is -0.497 e. The number of halogens is 2. The molecule has 2 heterocycles. The van der Waals surface area contributed by atoms with E-state index in [1.807, 2.05) is 47.4 Å². The van der Waals surface area contributed by atoms with Gasteiger partial charge in [-0.05, 0) is 30.3 Å². The Labute approximate surface area is 185 Å². The van der Waals surface area contributed by atoms with E-state index in [0.29, 0.717) is 41.9 Å². The number of ether oxygens (including phenoxy) is 1. The Morgan fingerprint density at radius 2 is 1.77 bits per heavy atom. The van der Waals surface area contributed by atoms with Crippen molar-refractivity contribution in [3.63, 3.8) is 0 Å². The number of carbonyl (C=O) groups is 1. The molecule has 4 rings (SSSR count). The Morgan fingerprint density at radius 1 is 1.03 bits per heavy atom. The highest BCUT2D eigenvalue weighted by Crippen LogP contribution is 2.33. The zero-order valence-corrected chi connectivity index (χ0v) is 18.3. The summed E-state index contributed by atoms with van der Waals surface area (Å²) in [5.74, 6) is 0.720. The maximum atomic E-state index is 13.1. The fraction of sp³-hybridized carbons (Fsp3) is 0.273. The number of piperazine rings is 1. The lowest BCUT2D eigenvalue weighted by atomic mass is 10.1. The second-order valence-electron chi connectivity index (χ2n) is 7.12. The molecule has 0 saturated carbocycles. The second-order valence-corrected chi connectivity index (χ2v) is 7.91. The predicted octanol–water partition coefficient (Wildman–Crippen LogP) is 4.36. The highest BCUT2D eigenvalue weighted by molar-refractivity contribution is 6.43. The van der Waals surface area contributed by atoms with Crippen LogP contribution in [0.1, 0.15) is 10.5 Å². The maximum Gasteiger partial charge on any atom is 0.272 e. The van der Waals surface area contributed by atoms with Gasteiger partial charge in [-0.1, -0.05) is 41.4 Å². The third-order valence-corrected chi connectivity index (χ3v) is 6.11. The minimum absolute atomic E-state index is 0.0315. The number of methoxy groups -OCH3 is 1. The van der Waals surface area contributed by atoms with Crippen molar-refractivity contribution in [2.75, 3.05) is 38.2 Å². The normalized spacial score (nSPS) is 14.1. The van der Waals surface area contributed by atoms with Gasteiger partial charge in [-0.2, -0.15) is 5.10 Å². The van der Waals surface area contributed by atoms with E-state index in [1.54, 1.807) is 24.9 Å². The van der Waals surface area contributed by atoms with E-state index in [1.165, 1.54) is 0 Å². The molecule has 1 fully saturated rings. The van der Waals surface area contributed by atoms with Crippen LogP contribution in [-0.2, 0) is 7.05 Å². The molecule has 0 N–H and O–H groups in total. The zero-order chi connectivity index (χ0) is 21.3. The third-order valence-electron chi connectivity index (χ3n) is 5.30. The fourth-order valence-corrected chi connectivity index (χ4v) is 4.06. The molecule has 156 valence electrons. The van der Waals surface area contributed by atoms with E-state index in [0.717, 1.165) is 22.7 Å². The molecule has 0 unspecified atom stereocenters. The minimum atomic E-state index is -0.0315. The summed E-state index contributed by atoms with van der Waals surface area (Å²) in [4.78, 5) is 17.1. The van der Waals surface area contributed by atoms with Crippen LogP contribution in [0.15, 0.2) is 48.5 Å². The topological polar surface area (TPSA) is 50.6 Å². The molecule has 0 aliphatic carbocycles. The largest absolute Gasteiger partial charge is 0.497 e. The molecule has 1 aliphatic heterocycles. The summed E-state index contributed by atoms with van der Waals surface area (Å²) in [5.41, 5.74) is 3.10. The standard InChI is InChI=1S/C22H22Cl2N4O2/c1-26-20(14-18(25-26)15-5-3-6-16(13-15)30-2)22(29)28-11-9-27(10-12-28)19-8-4-7-17(23)21(19)24/h3-8,13-14H,9-12H2,1-2H3. The first-order valence-corrected chi connectivity index (χ1v) is 10.4. The quantitative estimate of drug-likeness (QED) is 0.599. The molecule has 1 aromatic heterocycles. The Bertz CT molecular complexity index is 1070. The van der Waals surface area contributed by atoms with Gasteiger partial charge in [-0.3, -0.25) is 9.48 Å². The first kappa shape index (κ1) is 20.6. The van der Waals surface area contributed by atoms with Crippen LogP contribution >= 0.6 is 23.2 Å². The van der Waals surface area contributed by atoms with Crippen molar-refractivity contribution >= 4 is 34.8 Å². The first-order chi connectivity index (χ1) is 14.5. The van der Waals surface area contributed by atoms with Crippen LogP contribution in [-0.4, -0.2) is 53.9 Å². The Kier molecular flexibility index (Phi) is 5.88. The van der Waals surface area contributed by atoms with Gasteiger partial charge in [0.15, 0.2) is 0 Å². The van der Waals surface area contributed by atoms with Gasteiger partial charge in [0, 0.05) is 38.8 Å². The third kappa shape index (κ3) is 3.98. The number of benzene rings is 2. The van der Waals surface area contributed by atoms with E-state index < -0.39 is 0 Å². The number of aromatic nitrogens is 2. The molecule has 0 bridgehead atoms. The molecule has 1 saturated heterocycles. The van der Waals surface area contributed by atoms with Crippen LogP contribution in [0.5, 0.6) is 5.75 Å². The smallest absolute Gasteiger partial charge is 0.272 e. The average Bonchev–Trinajstić information content (AvgIpc) is 3.17. The van der Waals surface area contributed by atoms with Crippen LogP contribution < -0.4 is 9.64 Å². The van der Waals surface area contributed by atoms with E-state index in [4.69, 9.17) is 27.9 Å². The number of nitrogens with zero attached hydrogens (tertiary/aromatic N) is 4. The van der Waals surface area contributed by atoms with E-state index in [-0.39, 0.29) is 5.91 Å². The maximum absolute atomic E-state index is 13.1. The molecule has 2 aromatic carbocycles. The molecule has 6 nitrogen and oxygen atoms in total. The molecule has 1 amide bonds. The fourth-order valence-electron chi connectivity index (χ4n) is 3.64. The van der Waals surface area contributed by atoms with Gasteiger partial charge in [0.1, 0.15) is 11.4 Å². The van der Waals surface area contributed by atoms with Gasteiger partial charge in [0.05, 0.1) is 28.5 Å². The summed E-state index contributed by atoms with van der Waals surface area (Å²) in [6.07, 6.45) is 0. The number of hydrogen-bond acceptors (Lipinski definition) is 4. The number of anilines is 1. The lowest BCUT2D eigenvalue weighted by Crippen LogP contribution is -2.49. The summed E-state index contributed by atoms with van der Waals surface area (Å²) in [7, 11) is 3.42. The number of carbonyl (C=O) groups excluding carboxylic acids is 1. The van der Waals surface area contributed by atoms with Crippen LogP contribution in [0.4, 0.5) is 5.69 Å². The zero-order valence-electron chi connectivity index (χ0n) is 16.8. The van der Waals surface area contributed by atoms with E-state index in [2.05, 4.69) is 10.00 Å². The van der Waals surface area contributed by atoms with Gasteiger partial charge in [-0.15, -0.1) is 0 Å². The molecule has 0 atom stereocenters. The lowest BCUT2D eigenvalue weighted by Gasteiger charge is -2.36. The number of hydrogen-bond donors (Lipinski definition) is 0. The molecule has 0 spiro atoms. The first-order valence-electron chi connectivity index (χ1n) is 9.64. The summed E-state index contributed by atoms with van der Waals surface area (Å²) >= 11 is 12.5. The van der Waals surface area contributed by atoms with Gasteiger partial charge in [0.25, 0.3) is 5.91 Å². The van der Waals surface area contributed by atoms with Gasteiger partial charge in [-0.25, -0.2) is 0 Å². The van der Waals surface area contributed by atoms with Crippen LogP contribution in [0, 0.1) is 0 Å². The summed E-state index contributed by atoms with van der Waals surface area (Å²) < 4.78 is 6.92. The highest BCUT2D eigenvalue weighted by Gasteiger charge is 2.26. The van der Waals surface area contributed by atoms with Gasteiger partial charge >= 0.3 is 0 Å². The SMILES string of the molecule is COc1cccc(-c2cc(C(=O)N3CCN(c4cccc(Cl)c4Cl)CC3)n(C)n2)c1. The number of aryl methyl sites for hydroxylation is 1. The van der Waals surface area contributed by atoms with Crippen molar-refractivity contribution in [2.45, 2.75) is 0 Å².